The minimum atomic E-state index is -0.410. The summed E-state index contributed by atoms with van der Waals surface area (Å²) in [7, 11) is 0. The van der Waals surface area contributed by atoms with Gasteiger partial charge in [-0.1, -0.05) is 72.8 Å². The number of fused-ring (bicyclic) bond motifs is 1. The van der Waals surface area contributed by atoms with Crippen LogP contribution in [0, 0.1) is 11.3 Å². The number of ether oxygens (including phenoxy) is 1. The van der Waals surface area contributed by atoms with Crippen molar-refractivity contribution < 1.29 is 18.7 Å². The van der Waals surface area contributed by atoms with E-state index in [1.54, 1.807) is 6.26 Å². The van der Waals surface area contributed by atoms with Gasteiger partial charge < -0.3 is 23.5 Å². The Balaban J connectivity index is 0.984. The lowest BCUT2D eigenvalue weighted by molar-refractivity contribution is -0.137. The molecule has 2 aliphatic heterocycles. The number of furan rings is 1. The van der Waals surface area contributed by atoms with Crippen molar-refractivity contribution in [3.63, 3.8) is 0 Å². The Morgan fingerprint density at radius 1 is 0.854 bits per heavy atom. The number of Topliss-reactive ketones (excluding diaryl/α,β-unsaturated/α-hetero) is 1. The first-order chi connectivity index (χ1) is 23.6. The van der Waals surface area contributed by atoms with Gasteiger partial charge in [0.05, 0.1) is 29.3 Å². The summed E-state index contributed by atoms with van der Waals surface area (Å²) in [6.07, 6.45) is 5.66. The molecule has 0 aliphatic carbocycles. The van der Waals surface area contributed by atoms with Crippen LogP contribution >= 0.6 is 0 Å². The maximum absolute atomic E-state index is 14.1. The van der Waals surface area contributed by atoms with E-state index in [1.165, 1.54) is 11.1 Å². The lowest BCUT2D eigenvalue weighted by atomic mass is 9.77. The maximum Gasteiger partial charge on any atom is 0.229 e. The summed E-state index contributed by atoms with van der Waals surface area (Å²) in [6.45, 7) is 5.36. The van der Waals surface area contributed by atoms with Gasteiger partial charge in [-0.05, 0) is 87.1 Å². The molecule has 8 heteroatoms. The minimum absolute atomic E-state index is 0.0754. The Kier molecular flexibility index (Phi) is 9.82. The third kappa shape index (κ3) is 7.15. The van der Waals surface area contributed by atoms with Gasteiger partial charge in [-0.2, -0.15) is 0 Å². The highest BCUT2D eigenvalue weighted by Crippen LogP contribution is 2.40. The van der Waals surface area contributed by atoms with Crippen LogP contribution in [0.4, 0.5) is 0 Å². The van der Waals surface area contributed by atoms with E-state index in [2.05, 4.69) is 46.2 Å². The standard InChI is InChI=1S/C40H44N4O4/c45-37(38-41-35-15-7-8-16-36(35)44(38)25-27-47-30-34-14-9-26-48-34)33-17-21-42(22-18-33)23-19-40(28-31-10-3-1-4-11-31)20-24-43(39(40)46)29-32-12-5-2-6-13-32/h1-16,26,33H,17-25,27-30H2. The third-order valence-corrected chi connectivity index (χ3v) is 10.2. The van der Waals surface area contributed by atoms with Gasteiger partial charge in [0.1, 0.15) is 12.4 Å². The third-order valence-electron chi connectivity index (χ3n) is 10.2. The van der Waals surface area contributed by atoms with Crippen molar-refractivity contribution in [3.05, 3.63) is 126 Å². The highest BCUT2D eigenvalue weighted by molar-refractivity contribution is 5.98. The van der Waals surface area contributed by atoms with Gasteiger partial charge in [-0.25, -0.2) is 4.98 Å². The number of amides is 1. The fourth-order valence-corrected chi connectivity index (χ4v) is 7.51. The van der Waals surface area contributed by atoms with E-state index in [0.717, 1.165) is 75.1 Å². The first kappa shape index (κ1) is 32.0. The molecular formula is C40H44N4O4. The molecule has 3 aromatic carbocycles. The van der Waals surface area contributed by atoms with E-state index in [-0.39, 0.29) is 17.6 Å². The van der Waals surface area contributed by atoms with Gasteiger partial charge in [0, 0.05) is 25.6 Å². The topological polar surface area (TPSA) is 80.8 Å². The molecule has 1 atom stereocenters. The Hall–Kier alpha value is -4.53. The number of piperidine rings is 1. The fourth-order valence-electron chi connectivity index (χ4n) is 7.51. The zero-order valence-electron chi connectivity index (χ0n) is 27.5. The largest absolute Gasteiger partial charge is 0.467 e. The molecule has 2 aromatic heterocycles. The molecule has 7 rings (SSSR count). The second kappa shape index (κ2) is 14.7. The van der Waals surface area contributed by atoms with E-state index in [0.29, 0.717) is 32.1 Å². The number of carbonyl (C=O) groups is 2. The molecule has 0 N–H and O–H groups in total. The van der Waals surface area contributed by atoms with Crippen molar-refractivity contribution >= 4 is 22.7 Å². The molecule has 5 aromatic rings. The molecule has 248 valence electrons. The molecule has 1 amide bonds. The van der Waals surface area contributed by atoms with Crippen LogP contribution in [0.3, 0.4) is 0 Å². The van der Waals surface area contributed by atoms with Crippen LogP contribution in [0.1, 0.15) is 53.2 Å². The summed E-state index contributed by atoms with van der Waals surface area (Å²) in [6, 6.07) is 32.4. The Bertz CT molecular complexity index is 1800. The number of hydrogen-bond acceptors (Lipinski definition) is 6. The van der Waals surface area contributed by atoms with Gasteiger partial charge >= 0.3 is 0 Å². The van der Waals surface area contributed by atoms with Crippen LogP contribution in [0.15, 0.2) is 108 Å². The molecule has 4 heterocycles. The number of ketones is 1. The lowest BCUT2D eigenvalue weighted by Crippen LogP contribution is -2.42. The average Bonchev–Trinajstić information content (AvgIpc) is 3.86. The monoisotopic (exact) mass is 644 g/mol. The van der Waals surface area contributed by atoms with Crippen LogP contribution in [-0.2, 0) is 35.6 Å². The number of para-hydroxylation sites is 2. The van der Waals surface area contributed by atoms with Gasteiger partial charge in [0.2, 0.25) is 11.7 Å². The molecule has 0 spiro atoms. The number of likely N-dealkylation sites (tertiary alicyclic amines) is 2. The first-order valence-corrected chi connectivity index (χ1v) is 17.3. The number of carbonyl (C=O) groups excluding carboxylic acids is 2. The normalized spacial score (nSPS) is 19.0. The van der Waals surface area contributed by atoms with Crippen molar-refractivity contribution in [2.75, 3.05) is 32.8 Å². The number of hydrogen-bond donors (Lipinski definition) is 0. The van der Waals surface area contributed by atoms with Crippen molar-refractivity contribution in [2.24, 2.45) is 11.3 Å². The molecular weight excluding hydrogens is 600 g/mol. The molecule has 8 nitrogen and oxygen atoms in total. The van der Waals surface area contributed by atoms with Crippen LogP contribution in [0.5, 0.6) is 0 Å². The Morgan fingerprint density at radius 2 is 1.58 bits per heavy atom. The zero-order chi connectivity index (χ0) is 32.8. The minimum Gasteiger partial charge on any atom is -0.467 e. The van der Waals surface area contributed by atoms with E-state index >= 15 is 0 Å². The number of imidazole rings is 1. The number of nitrogens with zero attached hydrogens (tertiary/aromatic N) is 4. The first-order valence-electron chi connectivity index (χ1n) is 17.3. The van der Waals surface area contributed by atoms with Crippen molar-refractivity contribution in [1.29, 1.82) is 0 Å². The molecule has 0 radical (unpaired) electrons. The van der Waals surface area contributed by atoms with Crippen molar-refractivity contribution in [1.82, 2.24) is 19.4 Å². The van der Waals surface area contributed by atoms with Crippen LogP contribution in [-0.4, -0.2) is 63.8 Å². The predicted octanol–water partition coefficient (Wildman–Crippen LogP) is 6.79. The number of rotatable bonds is 14. The molecule has 2 fully saturated rings. The lowest BCUT2D eigenvalue weighted by Gasteiger charge is -2.35. The number of aromatic nitrogens is 2. The smallest absolute Gasteiger partial charge is 0.229 e. The summed E-state index contributed by atoms with van der Waals surface area (Å²) in [4.78, 5) is 37.4. The van der Waals surface area contributed by atoms with E-state index in [9.17, 15) is 9.59 Å². The molecule has 0 bridgehead atoms. The quantitative estimate of drug-likeness (QED) is 0.0978. The van der Waals surface area contributed by atoms with Crippen molar-refractivity contribution in [2.45, 2.75) is 51.8 Å². The average molecular weight is 645 g/mol. The maximum atomic E-state index is 14.1. The molecule has 2 saturated heterocycles. The van der Waals surface area contributed by atoms with Crippen LogP contribution in [0.25, 0.3) is 11.0 Å². The van der Waals surface area contributed by atoms with Gasteiger partial charge in [-0.15, -0.1) is 0 Å². The SMILES string of the molecule is O=C(c1nc2ccccc2n1CCOCc1ccco1)C1CCN(CCC2(Cc3ccccc3)CCN(Cc3ccccc3)C2=O)CC1. The molecule has 0 saturated carbocycles. The van der Waals surface area contributed by atoms with Gasteiger partial charge in [0.15, 0.2) is 5.82 Å². The second-order valence-corrected chi connectivity index (χ2v) is 13.3. The number of benzene rings is 3. The summed E-state index contributed by atoms with van der Waals surface area (Å²) in [5, 5.41) is 0. The van der Waals surface area contributed by atoms with Crippen LogP contribution in [0.2, 0.25) is 0 Å². The van der Waals surface area contributed by atoms with E-state index < -0.39 is 5.41 Å². The van der Waals surface area contributed by atoms with Crippen molar-refractivity contribution in [3.8, 4) is 0 Å². The zero-order valence-corrected chi connectivity index (χ0v) is 27.5. The summed E-state index contributed by atoms with van der Waals surface area (Å²) < 4.78 is 13.3. The van der Waals surface area contributed by atoms with E-state index in [1.807, 2.05) is 65.2 Å². The molecule has 2 aliphatic rings. The predicted molar refractivity (Wildman–Crippen MR) is 185 cm³/mol. The highest BCUT2D eigenvalue weighted by Gasteiger charge is 2.46. The summed E-state index contributed by atoms with van der Waals surface area (Å²) in [5.74, 6) is 1.61. The van der Waals surface area contributed by atoms with Gasteiger partial charge in [0.25, 0.3) is 0 Å². The summed E-state index contributed by atoms with van der Waals surface area (Å²) >= 11 is 0. The van der Waals surface area contributed by atoms with E-state index in [4.69, 9.17) is 14.1 Å². The van der Waals surface area contributed by atoms with Gasteiger partial charge in [-0.3, -0.25) is 9.59 Å². The second-order valence-electron chi connectivity index (χ2n) is 13.3. The molecule has 48 heavy (non-hydrogen) atoms. The summed E-state index contributed by atoms with van der Waals surface area (Å²) in [5.41, 5.74) is 3.75. The fraction of sp³-hybridized carbons (Fsp3) is 0.375. The Morgan fingerprint density at radius 3 is 2.33 bits per heavy atom. The van der Waals surface area contributed by atoms with Crippen LogP contribution < -0.4 is 0 Å². The highest BCUT2D eigenvalue weighted by atomic mass is 16.5. The molecule has 1 unspecified atom stereocenters. The Labute approximate surface area is 282 Å².